The molecule has 122 valence electrons. The lowest BCUT2D eigenvalue weighted by Gasteiger charge is -2.10. The van der Waals surface area contributed by atoms with Crippen molar-refractivity contribution in [3.63, 3.8) is 0 Å². The molecule has 0 fully saturated rings. The van der Waals surface area contributed by atoms with Crippen LogP contribution >= 0.6 is 12.4 Å². The quantitative estimate of drug-likeness (QED) is 0.825. The molecule has 2 N–H and O–H groups in total. The number of halogens is 2. The lowest BCUT2D eigenvalue weighted by molar-refractivity contribution is 0.554. The summed E-state index contributed by atoms with van der Waals surface area (Å²) in [6.45, 7) is 2.11. The van der Waals surface area contributed by atoms with Crippen LogP contribution in [0.2, 0.25) is 0 Å². The van der Waals surface area contributed by atoms with Gasteiger partial charge in [-0.05, 0) is 26.1 Å². The Labute approximate surface area is 135 Å². The Morgan fingerprint density at radius 1 is 1.36 bits per heavy atom. The number of nitrogens with one attached hydrogen (secondary N) is 2. The zero-order valence-corrected chi connectivity index (χ0v) is 13.8. The third-order valence-corrected chi connectivity index (χ3v) is 4.42. The van der Waals surface area contributed by atoms with Gasteiger partial charge in [-0.2, -0.15) is 5.10 Å². The molecule has 0 saturated heterocycles. The van der Waals surface area contributed by atoms with Crippen LogP contribution in [0.1, 0.15) is 6.92 Å². The lowest BCUT2D eigenvalue weighted by atomic mass is 10.3. The van der Waals surface area contributed by atoms with E-state index in [4.69, 9.17) is 0 Å². The minimum Gasteiger partial charge on any atom is -0.316 e. The molecule has 1 aromatic carbocycles. The normalized spacial score (nSPS) is 12.7. The number of likely N-dealkylation sites (N-methyl/N-ethyl adjacent to an activating group) is 1. The maximum Gasteiger partial charge on any atom is 0.243 e. The zero-order chi connectivity index (χ0) is 15.5. The van der Waals surface area contributed by atoms with E-state index in [-0.39, 0.29) is 35.6 Å². The van der Waals surface area contributed by atoms with Crippen molar-refractivity contribution >= 4 is 22.4 Å². The number of para-hydroxylation sites is 1. The molecule has 1 heterocycles. The van der Waals surface area contributed by atoms with Gasteiger partial charge in [0.05, 0.1) is 12.4 Å². The first-order valence-corrected chi connectivity index (χ1v) is 7.89. The second kappa shape index (κ2) is 7.68. The first-order chi connectivity index (χ1) is 9.94. The summed E-state index contributed by atoms with van der Waals surface area (Å²) in [6.07, 6.45) is 2.48. The molecule has 22 heavy (non-hydrogen) atoms. The molecule has 0 saturated carbocycles. The Balaban J connectivity index is 0.00000242. The summed E-state index contributed by atoms with van der Waals surface area (Å²) >= 11 is 0. The van der Waals surface area contributed by atoms with Crippen molar-refractivity contribution in [2.75, 3.05) is 13.6 Å². The Morgan fingerprint density at radius 2 is 2.05 bits per heavy atom. The molecule has 1 unspecified atom stereocenters. The molecule has 6 nitrogen and oxygen atoms in total. The molecule has 0 aliphatic carbocycles. The average Bonchev–Trinajstić information content (AvgIpc) is 2.96. The van der Waals surface area contributed by atoms with Gasteiger partial charge in [0.1, 0.15) is 16.4 Å². The molecule has 0 bridgehead atoms. The van der Waals surface area contributed by atoms with Gasteiger partial charge in [-0.3, -0.25) is 0 Å². The first-order valence-electron chi connectivity index (χ1n) is 6.40. The fourth-order valence-corrected chi connectivity index (χ4v) is 2.70. The Morgan fingerprint density at radius 3 is 2.68 bits per heavy atom. The van der Waals surface area contributed by atoms with Crippen molar-refractivity contribution in [2.45, 2.75) is 17.9 Å². The van der Waals surface area contributed by atoms with Crippen molar-refractivity contribution in [1.29, 1.82) is 0 Å². The summed E-state index contributed by atoms with van der Waals surface area (Å²) in [6, 6.07) is 6.02. The molecule has 2 rings (SSSR count). The molecular formula is C13H18ClFN4O2S. The molecule has 0 spiro atoms. The van der Waals surface area contributed by atoms with Gasteiger partial charge in [-0.1, -0.05) is 12.1 Å². The summed E-state index contributed by atoms with van der Waals surface area (Å²) in [7, 11) is -1.92. The Hall–Kier alpha value is -1.48. The van der Waals surface area contributed by atoms with E-state index in [1.54, 1.807) is 19.2 Å². The summed E-state index contributed by atoms with van der Waals surface area (Å²) in [5, 5.41) is 6.83. The van der Waals surface area contributed by atoms with E-state index in [0.29, 0.717) is 0 Å². The van der Waals surface area contributed by atoms with Crippen molar-refractivity contribution in [1.82, 2.24) is 19.8 Å². The second-order valence-electron chi connectivity index (χ2n) is 4.61. The number of hydrogen-bond donors (Lipinski definition) is 2. The molecule has 9 heteroatoms. The second-order valence-corrected chi connectivity index (χ2v) is 6.38. The molecule has 0 aliphatic rings. The zero-order valence-electron chi connectivity index (χ0n) is 12.2. The third kappa shape index (κ3) is 4.26. The predicted molar refractivity (Wildman–Crippen MR) is 84.5 cm³/mol. The number of nitrogens with zero attached hydrogens (tertiary/aromatic N) is 2. The van der Waals surface area contributed by atoms with E-state index >= 15 is 0 Å². The van der Waals surface area contributed by atoms with Gasteiger partial charge in [0.25, 0.3) is 0 Å². The van der Waals surface area contributed by atoms with E-state index in [9.17, 15) is 12.8 Å². The highest BCUT2D eigenvalue weighted by molar-refractivity contribution is 7.89. The van der Waals surface area contributed by atoms with Crippen molar-refractivity contribution in [3.8, 4) is 5.69 Å². The van der Waals surface area contributed by atoms with Gasteiger partial charge in [-0.15, -0.1) is 12.4 Å². The summed E-state index contributed by atoms with van der Waals surface area (Å²) in [5.74, 6) is -0.471. The smallest absolute Gasteiger partial charge is 0.243 e. The highest BCUT2D eigenvalue weighted by Gasteiger charge is 2.18. The summed E-state index contributed by atoms with van der Waals surface area (Å²) in [5.41, 5.74) is 0.197. The van der Waals surface area contributed by atoms with Crippen LogP contribution in [0.25, 0.3) is 5.69 Å². The minimum atomic E-state index is -3.66. The number of rotatable bonds is 6. The SMILES string of the molecule is CNC(C)CNS(=O)(=O)c1cnn(-c2ccccc2F)c1.Cl. The first kappa shape index (κ1) is 18.6. The summed E-state index contributed by atoms with van der Waals surface area (Å²) in [4.78, 5) is -0.00550. The largest absolute Gasteiger partial charge is 0.316 e. The maximum absolute atomic E-state index is 13.6. The fourth-order valence-electron chi connectivity index (χ4n) is 1.63. The highest BCUT2D eigenvalue weighted by atomic mass is 35.5. The van der Waals surface area contributed by atoms with Crippen LogP contribution in [0.3, 0.4) is 0 Å². The molecule has 0 amide bonds. The topological polar surface area (TPSA) is 76.0 Å². The number of benzene rings is 1. The minimum absolute atomic E-state index is 0. The molecule has 0 radical (unpaired) electrons. The highest BCUT2D eigenvalue weighted by Crippen LogP contribution is 2.14. The molecule has 0 aliphatic heterocycles. The van der Waals surface area contributed by atoms with Crippen molar-refractivity contribution < 1.29 is 12.8 Å². The van der Waals surface area contributed by atoms with E-state index in [1.165, 1.54) is 29.2 Å². The van der Waals surface area contributed by atoms with Gasteiger partial charge in [-0.25, -0.2) is 22.2 Å². The van der Waals surface area contributed by atoms with Gasteiger partial charge < -0.3 is 5.32 Å². The molecule has 1 atom stereocenters. The Bertz CT molecular complexity index is 720. The van der Waals surface area contributed by atoms with Crippen LogP contribution in [0.15, 0.2) is 41.6 Å². The van der Waals surface area contributed by atoms with Crippen LogP contribution in [0.5, 0.6) is 0 Å². The number of hydrogen-bond acceptors (Lipinski definition) is 4. The van der Waals surface area contributed by atoms with Gasteiger partial charge >= 0.3 is 0 Å². The molecule has 2 aromatic rings. The van der Waals surface area contributed by atoms with Crippen LogP contribution in [0.4, 0.5) is 4.39 Å². The van der Waals surface area contributed by atoms with Crippen LogP contribution in [0, 0.1) is 5.82 Å². The fraction of sp³-hybridized carbons (Fsp3) is 0.308. The third-order valence-electron chi connectivity index (χ3n) is 3.04. The van der Waals surface area contributed by atoms with E-state index in [1.807, 2.05) is 6.92 Å². The molecule has 1 aromatic heterocycles. The molecular weight excluding hydrogens is 331 g/mol. The predicted octanol–water partition coefficient (Wildman–Crippen LogP) is 1.32. The van der Waals surface area contributed by atoms with Crippen molar-refractivity contribution in [3.05, 3.63) is 42.5 Å². The van der Waals surface area contributed by atoms with E-state index < -0.39 is 15.8 Å². The van der Waals surface area contributed by atoms with Gasteiger partial charge in [0.2, 0.25) is 10.0 Å². The number of aromatic nitrogens is 2. The van der Waals surface area contributed by atoms with Crippen LogP contribution in [-0.4, -0.2) is 37.8 Å². The van der Waals surface area contributed by atoms with Gasteiger partial charge in [0.15, 0.2) is 0 Å². The van der Waals surface area contributed by atoms with E-state index in [2.05, 4.69) is 15.1 Å². The van der Waals surface area contributed by atoms with Gasteiger partial charge in [0, 0.05) is 12.6 Å². The average molecular weight is 349 g/mol. The van der Waals surface area contributed by atoms with Crippen LogP contribution < -0.4 is 10.0 Å². The standard InChI is InChI=1S/C13H17FN4O2S.ClH/c1-10(15-2)7-17-21(19,20)11-8-16-18(9-11)13-6-4-3-5-12(13)14;/h3-6,8-10,15,17H,7H2,1-2H3;1H. The number of sulfonamides is 1. The Kier molecular flexibility index (Phi) is 6.48. The lowest BCUT2D eigenvalue weighted by Crippen LogP contribution is -2.37. The monoisotopic (exact) mass is 348 g/mol. The maximum atomic E-state index is 13.6. The summed E-state index contributed by atoms with van der Waals surface area (Å²) < 4.78 is 41.5. The van der Waals surface area contributed by atoms with E-state index in [0.717, 1.165) is 0 Å². The van der Waals surface area contributed by atoms with Crippen molar-refractivity contribution in [2.24, 2.45) is 0 Å². The van der Waals surface area contributed by atoms with Crippen LogP contribution in [-0.2, 0) is 10.0 Å².